The molecule has 5 rings (SSSR count). The Labute approximate surface area is 195 Å². The van der Waals surface area contributed by atoms with Crippen LogP contribution in [0, 0.1) is 0 Å². The Morgan fingerprint density at radius 2 is 1.97 bits per heavy atom. The summed E-state index contributed by atoms with van der Waals surface area (Å²) in [7, 11) is 5.01. The van der Waals surface area contributed by atoms with Gasteiger partial charge < -0.3 is 24.6 Å². The molecule has 1 amide bonds. The summed E-state index contributed by atoms with van der Waals surface area (Å²) in [4.78, 5) is 22.7. The normalized spacial score (nSPS) is 17.9. The van der Waals surface area contributed by atoms with Crippen LogP contribution < -0.4 is 10.1 Å². The van der Waals surface area contributed by atoms with Crippen molar-refractivity contribution in [3.8, 4) is 28.3 Å². The molecule has 1 aliphatic heterocycles. The number of amides is 1. The zero-order chi connectivity index (χ0) is 23.9. The fraction of sp³-hybridized carbons (Fsp3) is 0.261. The Balaban J connectivity index is 1.42. The highest BCUT2D eigenvalue weighted by atomic mass is 16.5. The average molecular weight is 461 g/mol. The molecule has 34 heavy (non-hydrogen) atoms. The summed E-state index contributed by atoms with van der Waals surface area (Å²) >= 11 is 0. The number of hydrogen-bond acceptors (Lipinski definition) is 9. The predicted molar refractivity (Wildman–Crippen MR) is 122 cm³/mol. The number of carbonyl (C=O) groups is 1. The van der Waals surface area contributed by atoms with E-state index in [0.717, 1.165) is 11.1 Å². The standard InChI is InChI=1S/C23H23N7O4/c1-29-10-8-23(32,21(29)31)19-12-17(28-34-19)15-6-4-5-14(11-15)16-7-9-24-22(25-16)26-20-18(33-3)13-30(2)27-20/h4-7,9,11-13,32H,8,10H2,1-3H3,(H,24,25,26,27). The largest absolute Gasteiger partial charge is 0.491 e. The minimum Gasteiger partial charge on any atom is -0.491 e. The third-order valence-corrected chi connectivity index (χ3v) is 5.78. The van der Waals surface area contributed by atoms with Crippen LogP contribution in [0.2, 0.25) is 0 Å². The van der Waals surface area contributed by atoms with E-state index in [1.807, 2.05) is 24.3 Å². The third kappa shape index (κ3) is 3.75. The zero-order valence-corrected chi connectivity index (χ0v) is 18.9. The van der Waals surface area contributed by atoms with Crippen LogP contribution in [0.15, 0.2) is 53.3 Å². The first-order valence-electron chi connectivity index (χ1n) is 10.6. The number of nitrogens with zero attached hydrogens (tertiary/aromatic N) is 6. The van der Waals surface area contributed by atoms with Gasteiger partial charge >= 0.3 is 0 Å². The highest BCUT2D eigenvalue weighted by Crippen LogP contribution is 2.35. The van der Waals surface area contributed by atoms with Gasteiger partial charge in [0.2, 0.25) is 11.5 Å². The van der Waals surface area contributed by atoms with E-state index < -0.39 is 11.5 Å². The van der Waals surface area contributed by atoms with Crippen molar-refractivity contribution in [2.24, 2.45) is 7.05 Å². The van der Waals surface area contributed by atoms with Crippen molar-refractivity contribution in [2.45, 2.75) is 12.0 Å². The number of benzene rings is 1. The number of ether oxygens (including phenoxy) is 1. The quantitative estimate of drug-likeness (QED) is 0.444. The summed E-state index contributed by atoms with van der Waals surface area (Å²) < 4.78 is 12.3. The van der Waals surface area contributed by atoms with E-state index in [4.69, 9.17) is 9.26 Å². The molecule has 1 atom stereocenters. The minimum atomic E-state index is -1.68. The molecule has 0 aliphatic carbocycles. The number of anilines is 2. The molecular weight excluding hydrogens is 438 g/mol. The number of aryl methyl sites for hydroxylation is 1. The smallest absolute Gasteiger partial charge is 0.262 e. The van der Waals surface area contributed by atoms with Crippen LogP contribution in [0.1, 0.15) is 12.2 Å². The molecule has 4 aromatic rings. The van der Waals surface area contributed by atoms with Crippen LogP contribution >= 0.6 is 0 Å². The van der Waals surface area contributed by atoms with Gasteiger partial charge in [0.1, 0.15) is 5.69 Å². The summed E-state index contributed by atoms with van der Waals surface area (Å²) in [6.45, 7) is 0.454. The first-order valence-corrected chi connectivity index (χ1v) is 10.6. The fourth-order valence-electron chi connectivity index (χ4n) is 3.91. The van der Waals surface area contributed by atoms with Gasteiger partial charge in [-0.2, -0.15) is 5.10 Å². The number of aromatic nitrogens is 5. The maximum Gasteiger partial charge on any atom is 0.262 e. The number of methoxy groups -OCH3 is 1. The highest BCUT2D eigenvalue weighted by molar-refractivity contribution is 5.87. The molecule has 1 saturated heterocycles. The molecular formula is C23H23N7O4. The second-order valence-electron chi connectivity index (χ2n) is 8.10. The Hall–Kier alpha value is -4.25. The van der Waals surface area contributed by atoms with E-state index in [9.17, 15) is 9.90 Å². The first-order chi connectivity index (χ1) is 16.4. The number of hydrogen-bond donors (Lipinski definition) is 2. The molecule has 174 valence electrons. The number of aliphatic hydroxyl groups is 1. The highest BCUT2D eigenvalue weighted by Gasteiger charge is 2.48. The van der Waals surface area contributed by atoms with E-state index >= 15 is 0 Å². The lowest BCUT2D eigenvalue weighted by Gasteiger charge is -2.16. The van der Waals surface area contributed by atoms with Crippen LogP contribution in [-0.2, 0) is 17.4 Å². The van der Waals surface area contributed by atoms with Gasteiger partial charge in [-0.05, 0) is 12.1 Å². The van der Waals surface area contributed by atoms with Gasteiger partial charge in [-0.3, -0.25) is 9.48 Å². The van der Waals surface area contributed by atoms with Crippen LogP contribution in [0.4, 0.5) is 11.8 Å². The number of carbonyl (C=O) groups excluding carboxylic acids is 1. The summed E-state index contributed by atoms with van der Waals surface area (Å²) in [5.74, 6) is 1.20. The summed E-state index contributed by atoms with van der Waals surface area (Å²) in [5.41, 5.74) is 1.10. The third-order valence-electron chi connectivity index (χ3n) is 5.78. The Morgan fingerprint density at radius 3 is 2.71 bits per heavy atom. The van der Waals surface area contributed by atoms with E-state index in [1.54, 1.807) is 50.4 Å². The van der Waals surface area contributed by atoms with E-state index in [1.165, 1.54) is 4.90 Å². The van der Waals surface area contributed by atoms with Crippen LogP contribution in [0.25, 0.3) is 22.5 Å². The lowest BCUT2D eigenvalue weighted by molar-refractivity contribution is -0.144. The molecule has 4 heterocycles. The lowest BCUT2D eigenvalue weighted by Crippen LogP contribution is -2.35. The van der Waals surface area contributed by atoms with Crippen molar-refractivity contribution in [1.82, 2.24) is 29.8 Å². The maximum atomic E-state index is 12.4. The molecule has 1 aliphatic rings. The van der Waals surface area contributed by atoms with Crippen molar-refractivity contribution < 1.29 is 19.2 Å². The summed E-state index contributed by atoms with van der Waals surface area (Å²) in [5, 5.41) is 22.3. The second kappa shape index (κ2) is 8.27. The number of likely N-dealkylation sites (N-methyl/N-ethyl adjacent to an activating group) is 1. The second-order valence-corrected chi connectivity index (χ2v) is 8.10. The average Bonchev–Trinajstić information content (AvgIpc) is 3.55. The Morgan fingerprint density at radius 1 is 1.18 bits per heavy atom. The van der Waals surface area contributed by atoms with Gasteiger partial charge in [0, 0.05) is 50.5 Å². The van der Waals surface area contributed by atoms with Gasteiger partial charge in [-0.25, -0.2) is 9.97 Å². The van der Waals surface area contributed by atoms with Crippen molar-refractivity contribution in [1.29, 1.82) is 0 Å². The van der Waals surface area contributed by atoms with Gasteiger partial charge in [0.05, 0.1) is 19.0 Å². The summed E-state index contributed by atoms with van der Waals surface area (Å²) in [6, 6.07) is 11.0. The number of nitrogens with one attached hydrogen (secondary N) is 1. The molecule has 0 radical (unpaired) electrons. The van der Waals surface area contributed by atoms with Crippen LogP contribution in [0.5, 0.6) is 5.75 Å². The topological polar surface area (TPSA) is 131 Å². The maximum absolute atomic E-state index is 12.4. The van der Waals surface area contributed by atoms with Gasteiger partial charge in [-0.15, -0.1) is 0 Å². The van der Waals surface area contributed by atoms with Gasteiger partial charge in [-0.1, -0.05) is 23.4 Å². The number of likely N-dealkylation sites (tertiary alicyclic amines) is 1. The van der Waals surface area contributed by atoms with E-state index in [-0.39, 0.29) is 12.2 Å². The molecule has 1 unspecified atom stereocenters. The van der Waals surface area contributed by atoms with Crippen LogP contribution in [-0.4, -0.2) is 61.5 Å². The van der Waals surface area contributed by atoms with Gasteiger partial charge in [0.15, 0.2) is 17.3 Å². The molecule has 0 spiro atoms. The van der Waals surface area contributed by atoms with Crippen molar-refractivity contribution in [3.05, 3.63) is 54.6 Å². The molecule has 0 saturated carbocycles. The lowest BCUT2D eigenvalue weighted by atomic mass is 9.98. The first kappa shape index (κ1) is 21.6. The van der Waals surface area contributed by atoms with Crippen LogP contribution in [0.3, 0.4) is 0 Å². The van der Waals surface area contributed by atoms with Crippen molar-refractivity contribution in [2.75, 3.05) is 26.0 Å². The number of rotatable bonds is 6. The SMILES string of the molecule is COc1cn(C)nc1Nc1nccc(-c2cccc(-c3cc(C4(O)CCN(C)C4=O)on3)c2)n1. The predicted octanol–water partition coefficient (Wildman–Crippen LogP) is 2.33. The molecule has 11 nitrogen and oxygen atoms in total. The fourth-order valence-corrected chi connectivity index (χ4v) is 3.91. The van der Waals surface area contributed by atoms with E-state index in [0.29, 0.717) is 35.4 Å². The Kier molecular flexibility index (Phi) is 5.25. The zero-order valence-electron chi connectivity index (χ0n) is 18.9. The molecule has 1 fully saturated rings. The molecule has 11 heteroatoms. The summed E-state index contributed by atoms with van der Waals surface area (Å²) in [6.07, 6.45) is 3.66. The van der Waals surface area contributed by atoms with E-state index in [2.05, 4.69) is 25.5 Å². The van der Waals surface area contributed by atoms with Crippen molar-refractivity contribution in [3.63, 3.8) is 0 Å². The molecule has 2 N–H and O–H groups in total. The van der Waals surface area contributed by atoms with Crippen molar-refractivity contribution >= 4 is 17.7 Å². The van der Waals surface area contributed by atoms with Gasteiger partial charge in [0.25, 0.3) is 5.91 Å². The Bertz CT molecular complexity index is 1360. The molecule has 0 bridgehead atoms. The monoisotopic (exact) mass is 461 g/mol. The molecule has 1 aromatic carbocycles. The minimum absolute atomic E-state index is 0.139. The molecule has 3 aromatic heterocycles.